The molecule has 2 aromatic rings. The summed E-state index contributed by atoms with van der Waals surface area (Å²) in [6, 6.07) is 10.7. The van der Waals surface area contributed by atoms with E-state index in [2.05, 4.69) is 15.9 Å². The lowest BCUT2D eigenvalue weighted by Crippen LogP contribution is -2.09. The average Bonchev–Trinajstić information content (AvgIpc) is 2.48. The van der Waals surface area contributed by atoms with E-state index in [0.717, 1.165) is 40.8 Å². The maximum absolute atomic E-state index is 13.9. The number of ether oxygens (including phenoxy) is 1. The van der Waals surface area contributed by atoms with Gasteiger partial charge in [-0.1, -0.05) is 28.1 Å². The van der Waals surface area contributed by atoms with Crippen LogP contribution in [0.25, 0.3) is 0 Å². The molecule has 1 unspecified atom stereocenters. The van der Waals surface area contributed by atoms with E-state index < -0.39 is 5.38 Å². The summed E-state index contributed by atoms with van der Waals surface area (Å²) in [6.07, 6.45) is 1.99. The third-order valence-electron chi connectivity index (χ3n) is 3.46. The smallest absolute Gasteiger partial charge is 0.128 e. The van der Waals surface area contributed by atoms with Crippen molar-refractivity contribution in [2.45, 2.75) is 18.2 Å². The number of aryl methyl sites for hydroxylation is 1. The zero-order chi connectivity index (χ0) is 14.1. The second-order valence-corrected chi connectivity index (χ2v) is 6.20. The average molecular weight is 356 g/mol. The van der Waals surface area contributed by atoms with Gasteiger partial charge in [-0.15, -0.1) is 11.6 Å². The van der Waals surface area contributed by atoms with Crippen LogP contribution in [-0.4, -0.2) is 6.61 Å². The summed E-state index contributed by atoms with van der Waals surface area (Å²) in [5.74, 6) is 0.626. The van der Waals surface area contributed by atoms with Gasteiger partial charge in [-0.2, -0.15) is 0 Å². The van der Waals surface area contributed by atoms with Gasteiger partial charge in [-0.3, -0.25) is 0 Å². The topological polar surface area (TPSA) is 9.23 Å². The van der Waals surface area contributed by atoms with Gasteiger partial charge in [0.15, 0.2) is 0 Å². The van der Waals surface area contributed by atoms with E-state index in [1.165, 1.54) is 6.07 Å². The molecule has 0 N–H and O–H groups in total. The molecule has 0 radical (unpaired) electrons. The van der Waals surface area contributed by atoms with Gasteiger partial charge in [0.1, 0.15) is 11.6 Å². The Morgan fingerprint density at radius 3 is 2.90 bits per heavy atom. The van der Waals surface area contributed by atoms with Crippen molar-refractivity contribution in [3.05, 3.63) is 63.4 Å². The molecule has 0 amide bonds. The highest BCUT2D eigenvalue weighted by molar-refractivity contribution is 9.10. The Labute approximate surface area is 130 Å². The molecule has 104 valence electrons. The number of fused-ring (bicyclic) bond motifs is 1. The lowest BCUT2D eigenvalue weighted by atomic mass is 9.98. The van der Waals surface area contributed by atoms with Gasteiger partial charge in [-0.25, -0.2) is 4.39 Å². The van der Waals surface area contributed by atoms with E-state index >= 15 is 0 Å². The number of rotatable bonds is 2. The van der Waals surface area contributed by atoms with E-state index in [0.29, 0.717) is 5.56 Å². The summed E-state index contributed by atoms with van der Waals surface area (Å²) >= 11 is 9.80. The fourth-order valence-electron chi connectivity index (χ4n) is 2.43. The first kappa shape index (κ1) is 13.9. The third kappa shape index (κ3) is 2.70. The van der Waals surface area contributed by atoms with E-state index in [4.69, 9.17) is 16.3 Å². The van der Waals surface area contributed by atoms with Gasteiger partial charge in [0.05, 0.1) is 12.0 Å². The largest absolute Gasteiger partial charge is 0.493 e. The Morgan fingerprint density at radius 2 is 2.05 bits per heavy atom. The number of hydrogen-bond donors (Lipinski definition) is 0. The van der Waals surface area contributed by atoms with Gasteiger partial charge in [-0.05, 0) is 48.2 Å². The summed E-state index contributed by atoms with van der Waals surface area (Å²) in [6.45, 7) is 0.761. The van der Waals surface area contributed by atoms with Crippen LogP contribution in [0.4, 0.5) is 4.39 Å². The molecule has 0 aliphatic carbocycles. The van der Waals surface area contributed by atoms with Crippen LogP contribution >= 0.6 is 27.5 Å². The van der Waals surface area contributed by atoms with Crippen molar-refractivity contribution in [1.29, 1.82) is 0 Å². The van der Waals surface area contributed by atoms with Gasteiger partial charge in [0, 0.05) is 10.0 Å². The number of halogens is 3. The van der Waals surface area contributed by atoms with E-state index in [9.17, 15) is 4.39 Å². The molecule has 0 saturated carbocycles. The van der Waals surface area contributed by atoms with Crippen molar-refractivity contribution in [3.8, 4) is 5.75 Å². The summed E-state index contributed by atoms with van der Waals surface area (Å²) < 4.78 is 20.3. The third-order valence-corrected chi connectivity index (χ3v) is 4.44. The molecule has 0 saturated heterocycles. The molecule has 1 aliphatic heterocycles. The van der Waals surface area contributed by atoms with Crippen LogP contribution in [0.1, 0.15) is 28.5 Å². The lowest BCUT2D eigenvalue weighted by Gasteiger charge is -2.19. The monoisotopic (exact) mass is 354 g/mol. The quantitative estimate of drug-likeness (QED) is 0.669. The Bertz CT molecular complexity index is 644. The maximum Gasteiger partial charge on any atom is 0.128 e. The molecule has 0 fully saturated rings. The molecule has 0 spiro atoms. The van der Waals surface area contributed by atoms with Gasteiger partial charge >= 0.3 is 0 Å². The van der Waals surface area contributed by atoms with Crippen molar-refractivity contribution >= 4 is 27.5 Å². The van der Waals surface area contributed by atoms with Crippen molar-refractivity contribution in [3.63, 3.8) is 0 Å². The maximum atomic E-state index is 13.9. The zero-order valence-corrected chi connectivity index (χ0v) is 13.0. The van der Waals surface area contributed by atoms with Crippen LogP contribution in [0.3, 0.4) is 0 Å². The predicted octanol–water partition coefficient (Wildman–Crippen LogP) is 5.24. The molecule has 0 bridgehead atoms. The Morgan fingerprint density at radius 1 is 1.20 bits per heavy atom. The number of alkyl halides is 1. The van der Waals surface area contributed by atoms with Crippen LogP contribution in [0.2, 0.25) is 0 Å². The van der Waals surface area contributed by atoms with Gasteiger partial charge in [0.25, 0.3) is 0 Å². The summed E-state index contributed by atoms with van der Waals surface area (Å²) in [7, 11) is 0. The van der Waals surface area contributed by atoms with Crippen LogP contribution in [-0.2, 0) is 6.42 Å². The van der Waals surface area contributed by atoms with Crippen molar-refractivity contribution < 1.29 is 9.13 Å². The fourth-order valence-corrected chi connectivity index (χ4v) is 3.11. The zero-order valence-electron chi connectivity index (χ0n) is 10.7. The minimum atomic E-state index is -0.500. The van der Waals surface area contributed by atoms with Crippen LogP contribution in [0.5, 0.6) is 5.75 Å². The van der Waals surface area contributed by atoms with Crippen molar-refractivity contribution in [1.82, 2.24) is 0 Å². The minimum Gasteiger partial charge on any atom is -0.493 e. The normalized spacial score (nSPS) is 15.3. The molecule has 4 heteroatoms. The number of benzene rings is 2. The first-order chi connectivity index (χ1) is 9.65. The SMILES string of the molecule is Fc1ccc(Br)cc1C(Cl)c1ccc2c(c1)CCCO2. The molecular weight excluding hydrogens is 343 g/mol. The number of hydrogen-bond acceptors (Lipinski definition) is 1. The Hall–Kier alpha value is -1.06. The van der Waals surface area contributed by atoms with E-state index in [1.54, 1.807) is 12.1 Å². The van der Waals surface area contributed by atoms with Crippen LogP contribution in [0.15, 0.2) is 40.9 Å². The lowest BCUT2D eigenvalue weighted by molar-refractivity contribution is 0.288. The van der Waals surface area contributed by atoms with Crippen molar-refractivity contribution in [2.75, 3.05) is 6.61 Å². The molecule has 1 heterocycles. The Kier molecular flexibility index (Phi) is 3.99. The first-order valence-corrected chi connectivity index (χ1v) is 7.73. The molecule has 0 aromatic heterocycles. The molecular formula is C16H13BrClFO. The molecule has 3 rings (SSSR count). The summed E-state index contributed by atoms with van der Waals surface area (Å²) in [4.78, 5) is 0. The molecule has 1 nitrogen and oxygen atoms in total. The molecule has 2 aromatic carbocycles. The standard InChI is InChI=1S/C16H13BrClFO/c17-12-4-5-14(19)13(9-12)16(18)11-3-6-15-10(8-11)2-1-7-20-15/h3-6,8-9,16H,1-2,7H2. The summed E-state index contributed by atoms with van der Waals surface area (Å²) in [5, 5.41) is -0.500. The predicted molar refractivity (Wildman–Crippen MR) is 82.1 cm³/mol. The van der Waals surface area contributed by atoms with Crippen LogP contribution < -0.4 is 4.74 Å². The first-order valence-electron chi connectivity index (χ1n) is 6.50. The van der Waals surface area contributed by atoms with Gasteiger partial charge < -0.3 is 4.74 Å². The van der Waals surface area contributed by atoms with Crippen molar-refractivity contribution in [2.24, 2.45) is 0 Å². The van der Waals surface area contributed by atoms with E-state index in [1.807, 2.05) is 18.2 Å². The highest BCUT2D eigenvalue weighted by Crippen LogP contribution is 2.35. The molecule has 1 aliphatic rings. The highest BCUT2D eigenvalue weighted by Gasteiger charge is 2.18. The second kappa shape index (κ2) is 5.74. The Balaban J connectivity index is 1.97. The fraction of sp³-hybridized carbons (Fsp3) is 0.250. The summed E-state index contributed by atoms with van der Waals surface area (Å²) in [5.41, 5.74) is 2.53. The second-order valence-electron chi connectivity index (χ2n) is 4.85. The molecule has 20 heavy (non-hydrogen) atoms. The van der Waals surface area contributed by atoms with E-state index in [-0.39, 0.29) is 5.82 Å². The highest BCUT2D eigenvalue weighted by atomic mass is 79.9. The van der Waals surface area contributed by atoms with Crippen LogP contribution in [0, 0.1) is 5.82 Å². The molecule has 1 atom stereocenters. The minimum absolute atomic E-state index is 0.290. The van der Waals surface area contributed by atoms with Gasteiger partial charge in [0.2, 0.25) is 0 Å².